The van der Waals surface area contributed by atoms with Crippen molar-refractivity contribution in [3.8, 4) is 11.3 Å². The number of hydrogen-bond donors (Lipinski definition) is 2. The molecule has 0 amide bonds. The Morgan fingerprint density at radius 3 is 2.57 bits per heavy atom. The van der Waals surface area contributed by atoms with Crippen LogP contribution in [0, 0.1) is 17.6 Å². The van der Waals surface area contributed by atoms with Gasteiger partial charge in [-0.2, -0.15) is 4.98 Å². The highest BCUT2D eigenvalue weighted by Crippen LogP contribution is 2.33. The minimum absolute atomic E-state index is 0.0148. The minimum Gasteiger partial charge on any atom is -0.383 e. The topological polar surface area (TPSA) is 81.6 Å². The molecule has 0 aliphatic heterocycles. The molecule has 2 aromatic carbocycles. The van der Waals surface area contributed by atoms with Gasteiger partial charge in [-0.15, -0.1) is 5.10 Å². The Morgan fingerprint density at radius 2 is 1.83 bits per heavy atom. The Balaban J connectivity index is 1.89. The van der Waals surface area contributed by atoms with Gasteiger partial charge in [0.15, 0.2) is 5.65 Å². The maximum Gasteiger partial charge on any atom is 0.225 e. The molecule has 4 aromatic rings. The third kappa shape index (κ3) is 3.94. The zero-order chi connectivity index (χ0) is 21.3. The van der Waals surface area contributed by atoms with E-state index in [-0.39, 0.29) is 11.3 Å². The second-order valence-electron chi connectivity index (χ2n) is 7.52. The fraction of sp³-hybridized carbons (Fsp3) is 0.227. The second kappa shape index (κ2) is 8.06. The third-order valence-corrected chi connectivity index (χ3v) is 4.67. The molecule has 0 saturated heterocycles. The molecule has 0 unspecified atom stereocenters. The van der Waals surface area contributed by atoms with Crippen LogP contribution in [0.2, 0.25) is 0 Å². The zero-order valence-electron chi connectivity index (χ0n) is 16.7. The molecule has 0 atom stereocenters. The lowest BCUT2D eigenvalue weighted by atomic mass is 10.1. The van der Waals surface area contributed by atoms with Crippen molar-refractivity contribution >= 4 is 22.8 Å². The van der Waals surface area contributed by atoms with E-state index in [0.29, 0.717) is 41.8 Å². The van der Waals surface area contributed by atoms with Crippen LogP contribution in [0.15, 0.2) is 48.5 Å². The Hall–Kier alpha value is -3.55. The van der Waals surface area contributed by atoms with Crippen LogP contribution in [-0.2, 0) is 6.54 Å². The number of aromatic nitrogens is 4. The first-order valence-corrected chi connectivity index (χ1v) is 9.69. The van der Waals surface area contributed by atoms with E-state index < -0.39 is 11.6 Å². The predicted octanol–water partition coefficient (Wildman–Crippen LogP) is 4.47. The number of anilines is 2. The molecule has 4 rings (SSSR count). The smallest absolute Gasteiger partial charge is 0.225 e. The average Bonchev–Trinajstić information content (AvgIpc) is 3.04. The van der Waals surface area contributed by atoms with Crippen LogP contribution in [0.25, 0.3) is 22.3 Å². The number of halogens is 2. The Bertz CT molecular complexity index is 1190. The van der Waals surface area contributed by atoms with Gasteiger partial charge in [-0.1, -0.05) is 44.2 Å². The van der Waals surface area contributed by atoms with Crippen molar-refractivity contribution in [3.63, 3.8) is 0 Å². The van der Waals surface area contributed by atoms with Crippen LogP contribution < -0.4 is 11.1 Å². The van der Waals surface area contributed by atoms with Gasteiger partial charge >= 0.3 is 0 Å². The summed E-state index contributed by atoms with van der Waals surface area (Å²) in [6.45, 7) is 5.14. The van der Waals surface area contributed by atoms with Crippen LogP contribution in [0.5, 0.6) is 0 Å². The fourth-order valence-corrected chi connectivity index (χ4v) is 3.18. The van der Waals surface area contributed by atoms with Crippen LogP contribution in [0.3, 0.4) is 0 Å². The molecule has 0 aliphatic carbocycles. The summed E-state index contributed by atoms with van der Waals surface area (Å²) in [4.78, 5) is 8.92. The normalized spacial score (nSPS) is 11.4. The van der Waals surface area contributed by atoms with Gasteiger partial charge in [-0.05, 0) is 29.7 Å². The van der Waals surface area contributed by atoms with Gasteiger partial charge in [0, 0.05) is 12.1 Å². The molecule has 0 aliphatic rings. The standard InChI is InChI=1S/C22H22F2N6/c1-13(2)11-26-22-27-19(16-10-15(23)8-9-17(16)24)18-20(25)30(29-21(18)28-22)12-14-6-4-3-5-7-14/h3-10,13H,11-12,25H2,1-2H3,(H,26,28,29). The highest BCUT2D eigenvalue weighted by molar-refractivity contribution is 5.99. The van der Waals surface area contributed by atoms with Crippen molar-refractivity contribution in [1.29, 1.82) is 0 Å². The molecule has 30 heavy (non-hydrogen) atoms. The van der Waals surface area contributed by atoms with E-state index in [1.807, 2.05) is 44.2 Å². The maximum atomic E-state index is 14.6. The number of nitrogens with one attached hydrogen (secondary N) is 1. The molecular formula is C22H22F2N6. The Morgan fingerprint density at radius 1 is 1.07 bits per heavy atom. The highest BCUT2D eigenvalue weighted by atomic mass is 19.1. The molecule has 2 heterocycles. The quantitative estimate of drug-likeness (QED) is 0.492. The molecule has 0 bridgehead atoms. The summed E-state index contributed by atoms with van der Waals surface area (Å²) in [5.41, 5.74) is 7.92. The lowest BCUT2D eigenvalue weighted by Gasteiger charge is -2.10. The molecular weight excluding hydrogens is 386 g/mol. The molecule has 0 fully saturated rings. The Kier molecular flexibility index (Phi) is 5.31. The molecule has 8 heteroatoms. The molecule has 3 N–H and O–H groups in total. The zero-order valence-corrected chi connectivity index (χ0v) is 16.7. The molecule has 0 spiro atoms. The summed E-state index contributed by atoms with van der Waals surface area (Å²) in [5, 5.41) is 8.04. The van der Waals surface area contributed by atoms with Gasteiger partial charge < -0.3 is 11.1 Å². The monoisotopic (exact) mass is 408 g/mol. The molecule has 6 nitrogen and oxygen atoms in total. The van der Waals surface area contributed by atoms with Gasteiger partial charge in [0.25, 0.3) is 0 Å². The van der Waals surface area contributed by atoms with Crippen molar-refractivity contribution in [2.45, 2.75) is 20.4 Å². The first-order chi connectivity index (χ1) is 14.4. The molecule has 154 valence electrons. The lowest BCUT2D eigenvalue weighted by Crippen LogP contribution is -2.11. The van der Waals surface area contributed by atoms with Crippen molar-refractivity contribution < 1.29 is 8.78 Å². The van der Waals surface area contributed by atoms with E-state index in [2.05, 4.69) is 20.4 Å². The first kappa shape index (κ1) is 19.8. The van der Waals surface area contributed by atoms with Crippen molar-refractivity contribution in [2.75, 3.05) is 17.6 Å². The maximum absolute atomic E-state index is 14.6. The van der Waals surface area contributed by atoms with Crippen LogP contribution in [0.4, 0.5) is 20.5 Å². The third-order valence-electron chi connectivity index (χ3n) is 4.67. The number of hydrogen-bond acceptors (Lipinski definition) is 5. The van der Waals surface area contributed by atoms with E-state index >= 15 is 0 Å². The number of rotatable bonds is 6. The second-order valence-corrected chi connectivity index (χ2v) is 7.52. The van der Waals surface area contributed by atoms with Crippen LogP contribution in [-0.4, -0.2) is 26.3 Å². The predicted molar refractivity (Wildman–Crippen MR) is 114 cm³/mol. The SMILES string of the molecule is CC(C)CNc1nc(-c2cc(F)ccc2F)c2c(N)n(Cc3ccccc3)nc2n1. The first-order valence-electron chi connectivity index (χ1n) is 9.69. The molecule has 0 radical (unpaired) electrons. The van der Waals surface area contributed by atoms with E-state index in [9.17, 15) is 8.78 Å². The Labute approximate surface area is 172 Å². The summed E-state index contributed by atoms with van der Waals surface area (Å²) in [6.07, 6.45) is 0. The number of nitrogens with zero attached hydrogens (tertiary/aromatic N) is 4. The van der Waals surface area contributed by atoms with E-state index in [1.165, 1.54) is 0 Å². The van der Waals surface area contributed by atoms with E-state index in [4.69, 9.17) is 5.73 Å². The summed E-state index contributed by atoms with van der Waals surface area (Å²) >= 11 is 0. The lowest BCUT2D eigenvalue weighted by molar-refractivity contribution is 0.603. The van der Waals surface area contributed by atoms with Crippen LogP contribution in [0.1, 0.15) is 19.4 Å². The summed E-state index contributed by atoms with van der Waals surface area (Å²) in [6, 6.07) is 12.9. The van der Waals surface area contributed by atoms with Gasteiger partial charge in [0.1, 0.15) is 17.5 Å². The number of nitrogen functional groups attached to an aromatic ring is 1. The summed E-state index contributed by atoms with van der Waals surface area (Å²) in [5.74, 6) is -0.229. The van der Waals surface area contributed by atoms with Crippen molar-refractivity contribution in [3.05, 3.63) is 65.7 Å². The summed E-state index contributed by atoms with van der Waals surface area (Å²) < 4.78 is 30.1. The van der Waals surface area contributed by atoms with E-state index in [1.54, 1.807) is 4.68 Å². The largest absolute Gasteiger partial charge is 0.383 e. The van der Waals surface area contributed by atoms with Crippen LogP contribution >= 0.6 is 0 Å². The molecule has 0 saturated carbocycles. The number of fused-ring (bicyclic) bond motifs is 1. The van der Waals surface area contributed by atoms with Gasteiger partial charge in [0.05, 0.1) is 17.6 Å². The van der Waals surface area contributed by atoms with Gasteiger partial charge in [0.2, 0.25) is 5.95 Å². The average molecular weight is 408 g/mol. The fourth-order valence-electron chi connectivity index (χ4n) is 3.18. The number of nitrogens with two attached hydrogens (primary N) is 1. The minimum atomic E-state index is -0.596. The van der Waals surface area contributed by atoms with Gasteiger partial charge in [-0.25, -0.2) is 18.4 Å². The van der Waals surface area contributed by atoms with Crippen molar-refractivity contribution in [1.82, 2.24) is 19.7 Å². The summed E-state index contributed by atoms with van der Waals surface area (Å²) in [7, 11) is 0. The van der Waals surface area contributed by atoms with Gasteiger partial charge in [-0.3, -0.25) is 0 Å². The van der Waals surface area contributed by atoms with E-state index in [0.717, 1.165) is 23.8 Å². The molecule has 2 aromatic heterocycles. The number of benzene rings is 2. The highest BCUT2D eigenvalue weighted by Gasteiger charge is 2.21. The van der Waals surface area contributed by atoms with Crippen molar-refractivity contribution in [2.24, 2.45) is 5.92 Å².